The molecule has 1 aliphatic heterocycles. The first kappa shape index (κ1) is 13.1. The first-order valence-electron chi connectivity index (χ1n) is 5.75. The average molecular weight is 315 g/mol. The molecule has 0 amide bonds. The summed E-state index contributed by atoms with van der Waals surface area (Å²) in [4.78, 5) is 3.80. The van der Waals surface area contributed by atoms with E-state index in [0.717, 1.165) is 23.3 Å². The molecule has 0 saturated carbocycles. The van der Waals surface area contributed by atoms with Gasteiger partial charge < -0.3 is 0 Å². The van der Waals surface area contributed by atoms with E-state index < -0.39 is 10.0 Å². The molecule has 0 unspecified atom stereocenters. The van der Waals surface area contributed by atoms with Crippen molar-refractivity contribution in [3.63, 3.8) is 0 Å². The molecule has 0 saturated heterocycles. The standard InChI is InChI=1S/C12H11ClN2O2S2/c13-12-14-7-11(18-12)19(16,17)15-6-5-9-3-1-2-4-10(9)8-15/h1-4,7H,5-6,8H2. The van der Waals surface area contributed by atoms with Crippen molar-refractivity contribution < 1.29 is 8.42 Å². The SMILES string of the molecule is O=S(=O)(c1cnc(Cl)s1)N1CCc2ccccc2C1. The Kier molecular flexibility index (Phi) is 3.34. The van der Waals surface area contributed by atoms with E-state index in [-0.39, 0.29) is 8.68 Å². The van der Waals surface area contributed by atoms with Gasteiger partial charge in [-0.3, -0.25) is 0 Å². The van der Waals surface area contributed by atoms with E-state index in [2.05, 4.69) is 4.98 Å². The second kappa shape index (κ2) is 4.86. The molecule has 7 heteroatoms. The summed E-state index contributed by atoms with van der Waals surface area (Å²) in [6, 6.07) is 7.92. The van der Waals surface area contributed by atoms with Gasteiger partial charge in [-0.15, -0.1) is 0 Å². The molecular weight excluding hydrogens is 304 g/mol. The molecule has 100 valence electrons. The van der Waals surface area contributed by atoms with Gasteiger partial charge in [-0.25, -0.2) is 13.4 Å². The zero-order valence-electron chi connectivity index (χ0n) is 9.91. The van der Waals surface area contributed by atoms with Gasteiger partial charge >= 0.3 is 0 Å². The van der Waals surface area contributed by atoms with E-state index in [0.29, 0.717) is 13.1 Å². The van der Waals surface area contributed by atoms with Crippen molar-refractivity contribution in [3.05, 3.63) is 46.1 Å². The number of aromatic nitrogens is 1. The van der Waals surface area contributed by atoms with E-state index >= 15 is 0 Å². The fourth-order valence-corrected chi connectivity index (χ4v) is 5.03. The Hall–Kier alpha value is -0.950. The average Bonchev–Trinajstić information content (AvgIpc) is 2.85. The summed E-state index contributed by atoms with van der Waals surface area (Å²) >= 11 is 6.71. The van der Waals surface area contributed by atoms with Crippen LogP contribution in [-0.2, 0) is 23.0 Å². The van der Waals surface area contributed by atoms with E-state index in [1.54, 1.807) is 0 Å². The number of hydrogen-bond donors (Lipinski definition) is 0. The molecule has 1 aromatic carbocycles. The molecule has 2 aromatic rings. The molecule has 19 heavy (non-hydrogen) atoms. The van der Waals surface area contributed by atoms with Gasteiger partial charge in [0, 0.05) is 13.1 Å². The van der Waals surface area contributed by atoms with E-state index in [4.69, 9.17) is 11.6 Å². The van der Waals surface area contributed by atoms with Crippen LogP contribution in [0.1, 0.15) is 11.1 Å². The minimum atomic E-state index is -3.48. The Morgan fingerprint density at radius 1 is 1.26 bits per heavy atom. The summed E-state index contributed by atoms with van der Waals surface area (Å²) in [6.07, 6.45) is 2.06. The van der Waals surface area contributed by atoms with Crippen molar-refractivity contribution in [3.8, 4) is 0 Å². The van der Waals surface area contributed by atoms with Gasteiger partial charge in [-0.1, -0.05) is 47.2 Å². The highest BCUT2D eigenvalue weighted by Crippen LogP contribution is 2.29. The third-order valence-electron chi connectivity index (χ3n) is 3.15. The summed E-state index contributed by atoms with van der Waals surface area (Å²) in [5, 5.41) is 0. The molecule has 4 nitrogen and oxygen atoms in total. The monoisotopic (exact) mass is 314 g/mol. The van der Waals surface area contributed by atoms with Gasteiger partial charge in [0.05, 0.1) is 6.20 Å². The minimum Gasteiger partial charge on any atom is -0.232 e. The molecule has 0 fully saturated rings. The van der Waals surface area contributed by atoms with Crippen LogP contribution in [0, 0.1) is 0 Å². The van der Waals surface area contributed by atoms with Crippen LogP contribution in [0.2, 0.25) is 4.47 Å². The smallest absolute Gasteiger partial charge is 0.232 e. The predicted molar refractivity (Wildman–Crippen MR) is 74.9 cm³/mol. The summed E-state index contributed by atoms with van der Waals surface area (Å²) < 4.78 is 26.8. The van der Waals surface area contributed by atoms with Gasteiger partial charge in [0.1, 0.15) is 0 Å². The van der Waals surface area contributed by atoms with Crippen LogP contribution in [0.4, 0.5) is 0 Å². The minimum absolute atomic E-state index is 0.205. The number of hydrogen-bond acceptors (Lipinski definition) is 4. The fraction of sp³-hybridized carbons (Fsp3) is 0.250. The molecule has 0 aliphatic carbocycles. The number of rotatable bonds is 2. The van der Waals surface area contributed by atoms with Crippen LogP contribution in [0.25, 0.3) is 0 Å². The second-order valence-corrected chi connectivity index (χ2v) is 8.07. The lowest BCUT2D eigenvalue weighted by atomic mass is 10.0. The molecule has 2 heterocycles. The van der Waals surface area contributed by atoms with Crippen molar-refractivity contribution in [1.82, 2.24) is 9.29 Å². The van der Waals surface area contributed by atoms with Crippen LogP contribution in [0.5, 0.6) is 0 Å². The van der Waals surface area contributed by atoms with Gasteiger partial charge in [0.2, 0.25) is 0 Å². The van der Waals surface area contributed by atoms with Crippen molar-refractivity contribution in [2.75, 3.05) is 6.54 Å². The summed E-state index contributed by atoms with van der Waals surface area (Å²) in [5.74, 6) is 0. The molecule has 1 aromatic heterocycles. The molecular formula is C12H11ClN2O2S2. The van der Waals surface area contributed by atoms with E-state index in [9.17, 15) is 8.42 Å². The Balaban J connectivity index is 1.93. The number of sulfonamides is 1. The maximum absolute atomic E-state index is 12.4. The quantitative estimate of drug-likeness (QED) is 0.856. The van der Waals surface area contributed by atoms with Crippen LogP contribution < -0.4 is 0 Å². The Morgan fingerprint density at radius 2 is 2.00 bits per heavy atom. The largest absolute Gasteiger partial charge is 0.254 e. The third-order valence-corrected chi connectivity index (χ3v) is 6.54. The number of halogens is 1. The van der Waals surface area contributed by atoms with Gasteiger partial charge in [-0.2, -0.15) is 4.31 Å². The molecule has 1 aliphatic rings. The molecule has 0 N–H and O–H groups in total. The van der Waals surface area contributed by atoms with E-state index in [1.165, 1.54) is 16.1 Å². The molecule has 0 spiro atoms. The maximum Gasteiger partial charge on any atom is 0.254 e. The zero-order valence-corrected chi connectivity index (χ0v) is 12.3. The van der Waals surface area contributed by atoms with Gasteiger partial charge in [-0.05, 0) is 17.5 Å². The van der Waals surface area contributed by atoms with Crippen LogP contribution in [0.3, 0.4) is 0 Å². The van der Waals surface area contributed by atoms with E-state index in [1.807, 2.05) is 24.3 Å². The van der Waals surface area contributed by atoms with Crippen molar-refractivity contribution >= 4 is 33.0 Å². The number of thiazole rings is 1. The number of nitrogens with zero attached hydrogens (tertiary/aromatic N) is 2. The zero-order chi connectivity index (χ0) is 13.5. The lowest BCUT2D eigenvalue weighted by Crippen LogP contribution is -2.35. The lowest BCUT2D eigenvalue weighted by Gasteiger charge is -2.27. The number of benzene rings is 1. The number of fused-ring (bicyclic) bond motifs is 1. The van der Waals surface area contributed by atoms with Crippen LogP contribution in [-0.4, -0.2) is 24.3 Å². The molecule has 0 bridgehead atoms. The molecule has 3 rings (SSSR count). The Labute approximate surface area is 120 Å². The Morgan fingerprint density at radius 3 is 2.68 bits per heavy atom. The fourth-order valence-electron chi connectivity index (χ4n) is 2.16. The van der Waals surface area contributed by atoms with Crippen molar-refractivity contribution in [1.29, 1.82) is 0 Å². The first-order valence-corrected chi connectivity index (χ1v) is 8.39. The summed E-state index contributed by atoms with van der Waals surface area (Å²) in [5.41, 5.74) is 2.28. The van der Waals surface area contributed by atoms with Crippen LogP contribution >= 0.6 is 22.9 Å². The van der Waals surface area contributed by atoms with Crippen LogP contribution in [0.15, 0.2) is 34.7 Å². The third kappa shape index (κ3) is 2.41. The summed E-state index contributed by atoms with van der Waals surface area (Å²) in [6.45, 7) is 0.906. The highest BCUT2D eigenvalue weighted by molar-refractivity contribution is 7.91. The second-order valence-electron chi connectivity index (χ2n) is 4.29. The van der Waals surface area contributed by atoms with Crippen molar-refractivity contribution in [2.45, 2.75) is 17.2 Å². The first-order chi connectivity index (χ1) is 9.07. The lowest BCUT2D eigenvalue weighted by molar-refractivity contribution is 0.392. The molecule has 0 atom stereocenters. The normalized spacial score (nSPS) is 16.3. The van der Waals surface area contributed by atoms with Gasteiger partial charge in [0.25, 0.3) is 10.0 Å². The molecule has 0 radical (unpaired) electrons. The summed E-state index contributed by atoms with van der Waals surface area (Å²) in [7, 11) is -3.48. The highest BCUT2D eigenvalue weighted by atomic mass is 35.5. The predicted octanol–water partition coefficient (Wildman–Crippen LogP) is 2.54. The highest BCUT2D eigenvalue weighted by Gasteiger charge is 2.29. The topological polar surface area (TPSA) is 50.3 Å². The van der Waals surface area contributed by atoms with Gasteiger partial charge in [0.15, 0.2) is 8.68 Å². The maximum atomic E-state index is 12.4. The Bertz CT molecular complexity index is 712. The van der Waals surface area contributed by atoms with Crippen molar-refractivity contribution in [2.24, 2.45) is 0 Å².